The summed E-state index contributed by atoms with van der Waals surface area (Å²) in [5.74, 6) is -1.13. The van der Waals surface area contributed by atoms with Gasteiger partial charge in [-0.05, 0) is 23.8 Å². The maximum atomic E-state index is 13.4. The van der Waals surface area contributed by atoms with Gasteiger partial charge in [0.1, 0.15) is 5.82 Å². The molecule has 0 saturated heterocycles. The number of hydrogen-bond donors (Lipinski definition) is 2. The number of hydrogen-bond acceptors (Lipinski definition) is 4. The van der Waals surface area contributed by atoms with Crippen molar-refractivity contribution in [2.45, 2.75) is 4.90 Å². The van der Waals surface area contributed by atoms with Crippen LogP contribution in [0.5, 0.6) is 0 Å². The Morgan fingerprint density at radius 1 is 1.08 bits per heavy atom. The Hall–Kier alpha value is -2.16. The summed E-state index contributed by atoms with van der Waals surface area (Å²) in [6.45, 7) is 0. The van der Waals surface area contributed by atoms with Crippen LogP contribution in [0.25, 0.3) is 6.08 Å². The summed E-state index contributed by atoms with van der Waals surface area (Å²) in [4.78, 5) is 13.9. The second-order valence-electron chi connectivity index (χ2n) is 4.63. The first-order valence-electron chi connectivity index (χ1n) is 6.87. The molecular formula is C16H15FN2O3S2. The molecule has 0 fully saturated rings. The quantitative estimate of drug-likeness (QED) is 0.583. The van der Waals surface area contributed by atoms with E-state index in [1.807, 2.05) is 10.9 Å². The van der Waals surface area contributed by atoms with Crippen LogP contribution in [0.1, 0.15) is 5.56 Å². The van der Waals surface area contributed by atoms with Gasteiger partial charge in [-0.2, -0.15) is 0 Å². The predicted molar refractivity (Wildman–Crippen MR) is 92.8 cm³/mol. The Kier molecular flexibility index (Phi) is 6.53. The summed E-state index contributed by atoms with van der Waals surface area (Å²) < 4.78 is 36.9. The molecule has 0 saturated carbocycles. The number of nitrogens with one attached hydrogen (secondary N) is 2. The summed E-state index contributed by atoms with van der Waals surface area (Å²) in [7, 11) is -3.81. The number of hydrazine groups is 1. The number of halogens is 1. The fourth-order valence-corrected chi connectivity index (χ4v) is 3.04. The van der Waals surface area contributed by atoms with E-state index in [4.69, 9.17) is 0 Å². The topological polar surface area (TPSA) is 75.3 Å². The van der Waals surface area contributed by atoms with Crippen LogP contribution < -0.4 is 10.3 Å². The molecule has 5 nitrogen and oxygen atoms in total. The van der Waals surface area contributed by atoms with E-state index in [0.29, 0.717) is 10.5 Å². The summed E-state index contributed by atoms with van der Waals surface area (Å²) in [6.07, 6.45) is 1.41. The van der Waals surface area contributed by atoms with Crippen molar-refractivity contribution in [3.05, 3.63) is 71.4 Å². The van der Waals surface area contributed by atoms with Gasteiger partial charge in [0.15, 0.2) is 0 Å². The lowest BCUT2D eigenvalue weighted by Crippen LogP contribution is -2.41. The third-order valence-electron chi connectivity index (χ3n) is 2.77. The molecule has 0 bridgehead atoms. The maximum Gasteiger partial charge on any atom is 0.250 e. The first-order valence-corrected chi connectivity index (χ1v) is 9.40. The van der Waals surface area contributed by atoms with Crippen molar-refractivity contribution >= 4 is 33.8 Å². The molecule has 24 heavy (non-hydrogen) atoms. The number of carbonyl (C=O) groups is 1. The molecule has 0 aliphatic rings. The van der Waals surface area contributed by atoms with Gasteiger partial charge in [-0.25, -0.2) is 12.8 Å². The zero-order chi connectivity index (χ0) is 17.4. The normalized spacial score (nSPS) is 11.5. The van der Waals surface area contributed by atoms with Crippen LogP contribution in [0.15, 0.2) is 64.9 Å². The molecule has 0 aliphatic heterocycles. The van der Waals surface area contributed by atoms with Crippen LogP contribution in [0, 0.1) is 5.82 Å². The van der Waals surface area contributed by atoms with Crippen molar-refractivity contribution in [3.63, 3.8) is 0 Å². The summed E-state index contributed by atoms with van der Waals surface area (Å²) in [5.41, 5.74) is 2.79. The SMILES string of the molecule is O=C(CSc1ccccc1F)NNS(=O)(=O)/C=C/c1ccccc1. The third kappa shape index (κ3) is 6.15. The van der Waals surface area contributed by atoms with Gasteiger partial charge in [-0.15, -0.1) is 16.6 Å². The lowest BCUT2D eigenvalue weighted by molar-refractivity contribution is -0.119. The number of amides is 1. The van der Waals surface area contributed by atoms with E-state index in [9.17, 15) is 17.6 Å². The monoisotopic (exact) mass is 366 g/mol. The van der Waals surface area contributed by atoms with E-state index in [1.54, 1.807) is 42.5 Å². The highest BCUT2D eigenvalue weighted by atomic mass is 32.2. The van der Waals surface area contributed by atoms with Crippen molar-refractivity contribution in [1.29, 1.82) is 0 Å². The average Bonchev–Trinajstić information content (AvgIpc) is 2.59. The molecule has 0 aromatic heterocycles. The Balaban J connectivity index is 1.82. The lowest BCUT2D eigenvalue weighted by Gasteiger charge is -2.06. The highest BCUT2D eigenvalue weighted by Gasteiger charge is 2.09. The van der Waals surface area contributed by atoms with Gasteiger partial charge in [0.2, 0.25) is 5.91 Å². The average molecular weight is 366 g/mol. The van der Waals surface area contributed by atoms with Gasteiger partial charge < -0.3 is 0 Å². The minimum atomic E-state index is -3.81. The van der Waals surface area contributed by atoms with Gasteiger partial charge in [0.25, 0.3) is 10.0 Å². The van der Waals surface area contributed by atoms with Crippen molar-refractivity contribution in [1.82, 2.24) is 10.3 Å². The maximum absolute atomic E-state index is 13.4. The van der Waals surface area contributed by atoms with Crippen LogP contribution >= 0.6 is 11.8 Å². The van der Waals surface area contributed by atoms with Crippen molar-refractivity contribution in [2.75, 3.05) is 5.75 Å². The van der Waals surface area contributed by atoms with Crippen LogP contribution in [-0.4, -0.2) is 20.1 Å². The molecule has 0 unspecified atom stereocenters. The summed E-state index contributed by atoms with van der Waals surface area (Å²) in [6, 6.07) is 14.9. The van der Waals surface area contributed by atoms with E-state index in [2.05, 4.69) is 5.43 Å². The van der Waals surface area contributed by atoms with Gasteiger partial charge in [0.05, 0.1) is 5.75 Å². The zero-order valence-corrected chi connectivity index (χ0v) is 14.1. The van der Waals surface area contributed by atoms with Crippen LogP contribution in [0.4, 0.5) is 4.39 Å². The Labute approximate surface area is 144 Å². The van der Waals surface area contributed by atoms with Crippen LogP contribution in [0.3, 0.4) is 0 Å². The summed E-state index contributed by atoms with van der Waals surface area (Å²) >= 11 is 0.976. The number of benzene rings is 2. The molecule has 2 N–H and O–H groups in total. The van der Waals surface area contributed by atoms with E-state index in [1.165, 1.54) is 12.1 Å². The molecule has 2 rings (SSSR count). The largest absolute Gasteiger partial charge is 0.277 e. The second kappa shape index (κ2) is 8.62. The molecule has 2 aromatic carbocycles. The van der Waals surface area contributed by atoms with E-state index in [-0.39, 0.29) is 5.75 Å². The van der Waals surface area contributed by atoms with E-state index >= 15 is 0 Å². The van der Waals surface area contributed by atoms with Crippen LogP contribution in [0.2, 0.25) is 0 Å². The Morgan fingerprint density at radius 3 is 2.46 bits per heavy atom. The molecular weight excluding hydrogens is 351 g/mol. The minimum absolute atomic E-state index is 0.119. The molecule has 0 radical (unpaired) electrons. The molecule has 2 aromatic rings. The molecule has 126 valence electrons. The molecule has 0 spiro atoms. The minimum Gasteiger partial charge on any atom is -0.277 e. The first kappa shape index (κ1) is 18.2. The molecule has 0 heterocycles. The molecule has 1 amide bonds. The fourth-order valence-electron chi connectivity index (χ4n) is 1.64. The number of rotatable bonds is 7. The Morgan fingerprint density at radius 2 is 1.75 bits per heavy atom. The van der Waals surface area contributed by atoms with Gasteiger partial charge in [-0.1, -0.05) is 42.5 Å². The highest BCUT2D eigenvalue weighted by molar-refractivity contribution is 8.00. The van der Waals surface area contributed by atoms with Gasteiger partial charge in [0, 0.05) is 10.3 Å². The predicted octanol–water partition coefficient (Wildman–Crippen LogP) is 2.54. The number of carbonyl (C=O) groups excluding carboxylic acids is 1. The fraction of sp³-hybridized carbons (Fsp3) is 0.0625. The Bertz CT molecular complexity index is 824. The van der Waals surface area contributed by atoms with Gasteiger partial charge >= 0.3 is 0 Å². The molecule has 8 heteroatoms. The zero-order valence-electron chi connectivity index (χ0n) is 12.5. The van der Waals surface area contributed by atoms with Gasteiger partial charge in [-0.3, -0.25) is 10.2 Å². The summed E-state index contributed by atoms with van der Waals surface area (Å²) in [5, 5.41) is 0.951. The van der Waals surface area contributed by atoms with E-state index < -0.39 is 21.7 Å². The number of thioether (sulfide) groups is 1. The van der Waals surface area contributed by atoms with Crippen LogP contribution in [-0.2, 0) is 14.8 Å². The second-order valence-corrected chi connectivity index (χ2v) is 7.21. The molecule has 0 atom stereocenters. The highest BCUT2D eigenvalue weighted by Crippen LogP contribution is 2.20. The molecule has 0 aliphatic carbocycles. The third-order valence-corrected chi connectivity index (χ3v) is 4.70. The lowest BCUT2D eigenvalue weighted by atomic mass is 10.2. The standard InChI is InChI=1S/C16H15FN2O3S2/c17-14-8-4-5-9-15(14)23-12-16(20)18-19-24(21,22)11-10-13-6-2-1-3-7-13/h1-11,19H,12H2,(H,18,20)/b11-10+. The van der Waals surface area contributed by atoms with Crippen molar-refractivity contribution in [3.8, 4) is 0 Å². The smallest absolute Gasteiger partial charge is 0.250 e. The van der Waals surface area contributed by atoms with E-state index in [0.717, 1.165) is 17.2 Å². The number of sulfonamides is 1. The van der Waals surface area contributed by atoms with Crippen molar-refractivity contribution < 1.29 is 17.6 Å². The van der Waals surface area contributed by atoms with Crippen molar-refractivity contribution in [2.24, 2.45) is 0 Å². The first-order chi connectivity index (χ1) is 11.5.